The van der Waals surface area contributed by atoms with Gasteiger partial charge in [0.05, 0.1) is 32.0 Å². The number of benzene rings is 2. The number of esters is 1. The fourth-order valence-corrected chi connectivity index (χ4v) is 3.42. The molecule has 2 aromatic rings. The van der Waals surface area contributed by atoms with Gasteiger partial charge in [0.2, 0.25) is 0 Å². The number of hydrogen-bond donors (Lipinski definition) is 0. The van der Waals surface area contributed by atoms with Gasteiger partial charge in [-0.2, -0.15) is 0 Å². The summed E-state index contributed by atoms with van der Waals surface area (Å²) >= 11 is 0. The Bertz CT molecular complexity index is 860. The van der Waals surface area contributed by atoms with Gasteiger partial charge in [-0.05, 0) is 55.5 Å². The lowest BCUT2D eigenvalue weighted by atomic mass is 9.95. The molecule has 0 aliphatic carbocycles. The summed E-state index contributed by atoms with van der Waals surface area (Å²) in [7, 11) is 2.93. The van der Waals surface area contributed by atoms with Gasteiger partial charge in [0.1, 0.15) is 0 Å². The first-order valence-corrected chi connectivity index (χ1v) is 10.0. The van der Waals surface area contributed by atoms with Gasteiger partial charge in [0.25, 0.3) is 0 Å². The monoisotopic (exact) mass is 413 g/mol. The van der Waals surface area contributed by atoms with E-state index in [2.05, 4.69) is 4.74 Å². The molecule has 0 bridgehead atoms. The lowest BCUT2D eigenvalue weighted by Gasteiger charge is -2.30. The molecule has 0 spiro atoms. The summed E-state index contributed by atoms with van der Waals surface area (Å²) in [6.45, 7) is 1.95. The molecule has 0 atom stereocenters. The number of nitrogens with zero attached hydrogens (tertiary/aromatic N) is 1. The Morgan fingerprint density at radius 3 is 2.27 bits per heavy atom. The minimum atomic E-state index is -0.485. The molecule has 0 aromatic heterocycles. The third-order valence-electron chi connectivity index (χ3n) is 5.16. The molecule has 1 heterocycles. The van der Waals surface area contributed by atoms with Crippen LogP contribution in [0, 0.1) is 5.92 Å². The van der Waals surface area contributed by atoms with Crippen LogP contribution in [-0.2, 0) is 9.57 Å². The summed E-state index contributed by atoms with van der Waals surface area (Å²) in [5.74, 6) is 1.04. The second-order valence-electron chi connectivity index (χ2n) is 7.11. The number of carbonyl (C=O) groups excluding carboxylic acids is 2. The summed E-state index contributed by atoms with van der Waals surface area (Å²) in [5.41, 5.74) is 0.644. The molecule has 1 saturated heterocycles. The van der Waals surface area contributed by atoms with E-state index in [0.717, 1.165) is 30.8 Å². The van der Waals surface area contributed by atoms with Crippen LogP contribution < -0.4 is 9.47 Å². The second kappa shape index (κ2) is 10.6. The Hall–Kier alpha value is -3.06. The van der Waals surface area contributed by atoms with Crippen molar-refractivity contribution >= 4 is 11.9 Å². The van der Waals surface area contributed by atoms with Crippen molar-refractivity contribution < 1.29 is 28.6 Å². The Morgan fingerprint density at radius 1 is 0.933 bits per heavy atom. The van der Waals surface area contributed by atoms with E-state index in [1.807, 2.05) is 24.3 Å². The fourth-order valence-electron chi connectivity index (χ4n) is 3.42. The number of hydrogen-bond acceptors (Lipinski definition) is 7. The lowest BCUT2D eigenvalue weighted by Crippen LogP contribution is -2.36. The molecule has 7 nitrogen and oxygen atoms in total. The van der Waals surface area contributed by atoms with Crippen LogP contribution in [0.3, 0.4) is 0 Å². The van der Waals surface area contributed by atoms with E-state index in [9.17, 15) is 9.59 Å². The minimum Gasteiger partial charge on any atom is -0.493 e. The molecule has 0 amide bonds. The average Bonchev–Trinajstić information content (AvgIpc) is 2.80. The highest BCUT2D eigenvalue weighted by Gasteiger charge is 2.23. The highest BCUT2D eigenvalue weighted by atomic mass is 16.7. The molecular weight excluding hydrogens is 386 g/mol. The summed E-state index contributed by atoms with van der Waals surface area (Å²) < 4.78 is 15.8. The number of methoxy groups -OCH3 is 2. The molecule has 160 valence electrons. The van der Waals surface area contributed by atoms with Gasteiger partial charge < -0.3 is 19.0 Å². The highest BCUT2D eigenvalue weighted by molar-refractivity contribution is 5.95. The zero-order valence-electron chi connectivity index (χ0n) is 17.3. The van der Waals surface area contributed by atoms with E-state index < -0.39 is 11.9 Å². The molecule has 1 fully saturated rings. The SMILES string of the molecule is COC(=O)c1cccc(C(=O)ON2CCC(CCOc3ccccc3OC)CC2)c1. The number of carbonyl (C=O) groups is 2. The Labute approximate surface area is 176 Å². The Balaban J connectivity index is 1.42. The number of ether oxygens (including phenoxy) is 3. The van der Waals surface area contributed by atoms with Crippen LogP contribution >= 0.6 is 0 Å². The average molecular weight is 413 g/mol. The third kappa shape index (κ3) is 5.73. The van der Waals surface area contributed by atoms with Crippen molar-refractivity contribution in [3.63, 3.8) is 0 Å². The van der Waals surface area contributed by atoms with Gasteiger partial charge in [-0.25, -0.2) is 9.59 Å². The van der Waals surface area contributed by atoms with E-state index in [1.54, 1.807) is 30.4 Å². The molecule has 30 heavy (non-hydrogen) atoms. The van der Waals surface area contributed by atoms with Crippen molar-refractivity contribution in [1.29, 1.82) is 0 Å². The van der Waals surface area contributed by atoms with Crippen LogP contribution in [-0.4, -0.2) is 50.9 Å². The molecule has 1 aliphatic heterocycles. The van der Waals surface area contributed by atoms with Crippen molar-refractivity contribution in [2.75, 3.05) is 33.9 Å². The molecule has 3 rings (SSSR count). The van der Waals surface area contributed by atoms with E-state index >= 15 is 0 Å². The van der Waals surface area contributed by atoms with Crippen molar-refractivity contribution in [3.05, 3.63) is 59.7 Å². The highest BCUT2D eigenvalue weighted by Crippen LogP contribution is 2.27. The minimum absolute atomic E-state index is 0.320. The first-order valence-electron chi connectivity index (χ1n) is 10.0. The van der Waals surface area contributed by atoms with Gasteiger partial charge in [0.15, 0.2) is 11.5 Å². The first-order chi connectivity index (χ1) is 14.6. The van der Waals surface area contributed by atoms with E-state index in [0.29, 0.717) is 36.7 Å². The van der Waals surface area contributed by atoms with Crippen LogP contribution in [0.1, 0.15) is 40.0 Å². The predicted molar refractivity (Wildman–Crippen MR) is 111 cm³/mol. The second-order valence-corrected chi connectivity index (χ2v) is 7.11. The maximum Gasteiger partial charge on any atom is 0.357 e. The zero-order chi connectivity index (χ0) is 21.3. The van der Waals surface area contributed by atoms with Crippen molar-refractivity contribution in [2.24, 2.45) is 5.92 Å². The summed E-state index contributed by atoms with van der Waals surface area (Å²) in [6, 6.07) is 13.9. The molecular formula is C23H27NO6. The number of piperidine rings is 1. The molecule has 0 unspecified atom stereocenters. The first kappa shape index (κ1) is 21.6. The van der Waals surface area contributed by atoms with Gasteiger partial charge in [0, 0.05) is 13.1 Å². The molecule has 2 aromatic carbocycles. The van der Waals surface area contributed by atoms with Gasteiger partial charge in [-0.1, -0.05) is 18.2 Å². The predicted octanol–water partition coefficient (Wildman–Crippen LogP) is 3.73. The van der Waals surface area contributed by atoms with E-state index in [-0.39, 0.29) is 0 Å². The topological polar surface area (TPSA) is 74.3 Å². The Kier molecular flexibility index (Phi) is 7.68. The van der Waals surface area contributed by atoms with Gasteiger partial charge in [-0.3, -0.25) is 0 Å². The normalized spacial score (nSPS) is 14.7. The molecule has 7 heteroatoms. The number of rotatable bonds is 8. The van der Waals surface area contributed by atoms with Crippen LogP contribution in [0.2, 0.25) is 0 Å². The largest absolute Gasteiger partial charge is 0.493 e. The van der Waals surface area contributed by atoms with Gasteiger partial charge >= 0.3 is 11.9 Å². The number of para-hydroxylation sites is 2. The van der Waals surface area contributed by atoms with Crippen LogP contribution in [0.5, 0.6) is 11.5 Å². The third-order valence-corrected chi connectivity index (χ3v) is 5.16. The maximum atomic E-state index is 12.4. The fraction of sp³-hybridized carbons (Fsp3) is 0.391. The molecule has 1 aliphatic rings. The maximum absolute atomic E-state index is 12.4. The quantitative estimate of drug-likeness (QED) is 0.611. The summed E-state index contributed by atoms with van der Waals surface area (Å²) in [5, 5.41) is 1.69. The van der Waals surface area contributed by atoms with Crippen LogP contribution in [0.25, 0.3) is 0 Å². The van der Waals surface area contributed by atoms with Crippen molar-refractivity contribution in [3.8, 4) is 11.5 Å². The smallest absolute Gasteiger partial charge is 0.357 e. The molecule has 0 N–H and O–H groups in total. The zero-order valence-corrected chi connectivity index (χ0v) is 17.3. The lowest BCUT2D eigenvalue weighted by molar-refractivity contribution is -0.126. The number of hydroxylamine groups is 2. The Morgan fingerprint density at radius 2 is 1.60 bits per heavy atom. The summed E-state index contributed by atoms with van der Waals surface area (Å²) in [6.07, 6.45) is 2.77. The van der Waals surface area contributed by atoms with E-state index in [4.69, 9.17) is 14.3 Å². The summed E-state index contributed by atoms with van der Waals surface area (Å²) in [4.78, 5) is 29.5. The molecule has 0 saturated carbocycles. The van der Waals surface area contributed by atoms with Crippen LogP contribution in [0.15, 0.2) is 48.5 Å². The van der Waals surface area contributed by atoms with Crippen LogP contribution in [0.4, 0.5) is 0 Å². The van der Waals surface area contributed by atoms with Gasteiger partial charge in [-0.15, -0.1) is 5.06 Å². The standard InChI is InChI=1S/C23H27NO6/c1-27-20-8-3-4-9-21(20)29-15-12-17-10-13-24(14-11-17)30-23(26)19-7-5-6-18(16-19)22(25)28-2/h3-9,16-17H,10-15H2,1-2H3. The van der Waals surface area contributed by atoms with Crippen molar-refractivity contribution in [1.82, 2.24) is 5.06 Å². The van der Waals surface area contributed by atoms with Crippen molar-refractivity contribution in [2.45, 2.75) is 19.3 Å². The molecule has 0 radical (unpaired) electrons. The van der Waals surface area contributed by atoms with E-state index in [1.165, 1.54) is 13.2 Å².